The molecule has 2 aromatic rings. The molecule has 0 aliphatic carbocycles. The number of alkyl halides is 3. The summed E-state index contributed by atoms with van der Waals surface area (Å²) >= 11 is 2.12. The number of fused-ring (bicyclic) bond motifs is 1. The maximum Gasteiger partial charge on any atom is 0.493 e. The number of carbonyl (C=O) groups excluding carboxylic acids is 1. The van der Waals surface area contributed by atoms with Gasteiger partial charge in [-0.15, -0.1) is 0 Å². The third-order valence-corrected chi connectivity index (χ3v) is 5.03. The Bertz CT molecular complexity index is 879. The van der Waals surface area contributed by atoms with Gasteiger partial charge in [0.15, 0.2) is 12.1 Å². The molecule has 0 spiro atoms. The Morgan fingerprint density at radius 2 is 1.89 bits per heavy atom. The Morgan fingerprint density at radius 1 is 1.22 bits per heavy atom. The summed E-state index contributed by atoms with van der Waals surface area (Å²) < 4.78 is 38.9. The fourth-order valence-electron chi connectivity index (χ4n) is 2.60. The zero-order valence-electron chi connectivity index (χ0n) is 13.9. The van der Waals surface area contributed by atoms with E-state index < -0.39 is 24.6 Å². The van der Waals surface area contributed by atoms with E-state index in [1.807, 2.05) is 24.3 Å². The Kier molecular flexibility index (Phi) is 5.29. The second-order valence-electron chi connectivity index (χ2n) is 5.82. The van der Waals surface area contributed by atoms with E-state index in [1.54, 1.807) is 12.1 Å². The number of benzene rings is 1. The van der Waals surface area contributed by atoms with Crippen molar-refractivity contribution in [3.8, 4) is 11.3 Å². The van der Waals surface area contributed by atoms with Crippen LogP contribution in [-0.4, -0.2) is 35.4 Å². The predicted octanol–water partition coefficient (Wildman–Crippen LogP) is 2.33. The van der Waals surface area contributed by atoms with Crippen LogP contribution in [-0.2, 0) is 9.63 Å². The van der Waals surface area contributed by atoms with Gasteiger partial charge in [0.05, 0.1) is 11.9 Å². The lowest BCUT2D eigenvalue weighted by Crippen LogP contribution is -2.60. The van der Waals surface area contributed by atoms with Crippen LogP contribution in [0.25, 0.3) is 11.3 Å². The quantitative estimate of drug-likeness (QED) is 0.620. The summed E-state index contributed by atoms with van der Waals surface area (Å²) in [6.45, 7) is 0. The molecular weight excluding hydrogens is 478 g/mol. The molecule has 4 N–H and O–H groups in total. The first kappa shape index (κ1) is 19.8. The van der Waals surface area contributed by atoms with Crippen molar-refractivity contribution in [2.45, 2.75) is 18.6 Å². The van der Waals surface area contributed by atoms with Crippen LogP contribution in [0.15, 0.2) is 36.4 Å². The number of nitrogens with two attached hydrogens (primary N) is 2. The molecule has 1 aromatic heterocycles. The summed E-state index contributed by atoms with van der Waals surface area (Å²) in [5.41, 5.74) is 13.6. The van der Waals surface area contributed by atoms with Gasteiger partial charge in [0, 0.05) is 14.7 Å². The number of halogens is 4. The lowest BCUT2D eigenvalue weighted by molar-refractivity contribution is -0.204. The molecule has 0 radical (unpaired) electrons. The van der Waals surface area contributed by atoms with Gasteiger partial charge in [-0.05, 0) is 41.8 Å². The average molecular weight is 493 g/mol. The largest absolute Gasteiger partial charge is 0.493 e. The van der Waals surface area contributed by atoms with Gasteiger partial charge < -0.3 is 10.6 Å². The number of anilines is 1. The first-order valence-electron chi connectivity index (χ1n) is 7.68. The zero-order valence-corrected chi connectivity index (χ0v) is 16.1. The summed E-state index contributed by atoms with van der Waals surface area (Å²) in [7, 11) is 1.50. The smallest absolute Gasteiger partial charge is 0.328 e. The van der Waals surface area contributed by atoms with E-state index in [0.717, 1.165) is 9.13 Å². The Hall–Kier alpha value is -1.96. The number of hydrogen-bond donors (Lipinski definition) is 2. The minimum Gasteiger partial charge on any atom is -0.328 e. The molecule has 1 aliphatic heterocycles. The molecular formula is C16H15F3IN5O2. The van der Waals surface area contributed by atoms with Crippen molar-refractivity contribution in [1.82, 2.24) is 9.88 Å². The highest BCUT2D eigenvalue weighted by molar-refractivity contribution is 14.1. The number of aromatic nitrogens is 1. The number of rotatable bonds is 2. The number of carbonyl (C=O) groups is 1. The third-order valence-electron chi connectivity index (χ3n) is 4.09. The van der Waals surface area contributed by atoms with Crippen LogP contribution in [0, 0.1) is 3.57 Å². The molecule has 2 heterocycles. The first-order chi connectivity index (χ1) is 12.6. The van der Waals surface area contributed by atoms with Crippen molar-refractivity contribution in [1.29, 1.82) is 0 Å². The van der Waals surface area contributed by atoms with Crippen molar-refractivity contribution in [3.05, 3.63) is 45.5 Å². The van der Waals surface area contributed by atoms with Gasteiger partial charge in [-0.2, -0.15) is 18.2 Å². The van der Waals surface area contributed by atoms with Crippen LogP contribution in [0.4, 0.5) is 19.0 Å². The molecule has 0 amide bonds. The summed E-state index contributed by atoms with van der Waals surface area (Å²) in [5, 5.41) is 0.633. The molecule has 0 saturated carbocycles. The summed E-state index contributed by atoms with van der Waals surface area (Å²) in [6.07, 6.45) is -7.15. The van der Waals surface area contributed by atoms with E-state index in [-0.39, 0.29) is 5.82 Å². The number of nitrogens with zero attached hydrogens (tertiary/aromatic N) is 3. The molecule has 11 heteroatoms. The van der Waals surface area contributed by atoms with Crippen LogP contribution in [0.3, 0.4) is 0 Å². The van der Waals surface area contributed by atoms with E-state index in [4.69, 9.17) is 11.5 Å². The van der Waals surface area contributed by atoms with Crippen molar-refractivity contribution in [2.24, 2.45) is 11.5 Å². The molecule has 3 rings (SSSR count). The van der Waals surface area contributed by atoms with E-state index in [0.29, 0.717) is 16.3 Å². The fourth-order valence-corrected chi connectivity index (χ4v) is 3.26. The Labute approximate surface area is 166 Å². The van der Waals surface area contributed by atoms with Crippen LogP contribution in [0.5, 0.6) is 0 Å². The van der Waals surface area contributed by atoms with Crippen LogP contribution in [0.2, 0.25) is 0 Å². The van der Waals surface area contributed by atoms with Crippen molar-refractivity contribution >= 4 is 34.4 Å². The van der Waals surface area contributed by atoms with E-state index in [2.05, 4.69) is 32.4 Å². The van der Waals surface area contributed by atoms with E-state index in [1.165, 1.54) is 11.9 Å². The number of hydroxylamine groups is 1. The molecule has 7 nitrogen and oxygen atoms in total. The van der Waals surface area contributed by atoms with Gasteiger partial charge in [-0.1, -0.05) is 24.3 Å². The standard InChI is InChI=1S/C16H15F3IN5O2/c1-24-12(21)9-6-7-11(8-4-2-3-5-10(8)20)23-13(9)25(15(24)22)27-14(26)16(17,18)19/h2-7,12,15H,21-22H2,1H3. The van der Waals surface area contributed by atoms with E-state index in [9.17, 15) is 18.0 Å². The van der Waals surface area contributed by atoms with Gasteiger partial charge in [0.2, 0.25) is 0 Å². The maximum absolute atomic E-state index is 12.7. The Morgan fingerprint density at radius 3 is 2.52 bits per heavy atom. The fraction of sp³-hybridized carbons (Fsp3) is 0.250. The van der Waals surface area contributed by atoms with Crippen LogP contribution in [0.1, 0.15) is 11.7 Å². The van der Waals surface area contributed by atoms with Crippen molar-refractivity contribution in [3.63, 3.8) is 0 Å². The zero-order chi connectivity index (χ0) is 19.9. The molecule has 1 aromatic carbocycles. The highest BCUT2D eigenvalue weighted by Crippen LogP contribution is 2.36. The van der Waals surface area contributed by atoms with Crippen LogP contribution < -0.4 is 16.5 Å². The summed E-state index contributed by atoms with van der Waals surface area (Å²) in [6, 6.07) is 10.7. The molecule has 27 heavy (non-hydrogen) atoms. The lowest BCUT2D eigenvalue weighted by Gasteiger charge is -2.42. The van der Waals surface area contributed by atoms with Crippen molar-refractivity contribution < 1.29 is 22.8 Å². The SMILES string of the molecule is CN1C(N)c2ccc(-c3ccccc3I)nc2N(OC(=O)C(F)(F)F)C1N. The van der Waals surface area contributed by atoms with Gasteiger partial charge >= 0.3 is 12.1 Å². The third kappa shape index (κ3) is 3.72. The molecule has 2 atom stereocenters. The van der Waals surface area contributed by atoms with Gasteiger partial charge in [0.25, 0.3) is 0 Å². The maximum atomic E-state index is 12.7. The molecule has 0 bridgehead atoms. The summed E-state index contributed by atoms with van der Waals surface area (Å²) in [4.78, 5) is 21.6. The van der Waals surface area contributed by atoms with Gasteiger partial charge in [-0.25, -0.2) is 9.78 Å². The minimum absolute atomic E-state index is 0.0390. The van der Waals surface area contributed by atoms with E-state index >= 15 is 0 Å². The number of pyridine rings is 1. The highest BCUT2D eigenvalue weighted by atomic mass is 127. The molecule has 144 valence electrons. The average Bonchev–Trinajstić information content (AvgIpc) is 2.62. The normalized spacial score (nSPS) is 20.3. The van der Waals surface area contributed by atoms with Gasteiger partial charge in [0.1, 0.15) is 0 Å². The molecule has 0 saturated heterocycles. The molecule has 0 fully saturated rings. The Balaban J connectivity index is 2.09. The topological polar surface area (TPSA) is 97.7 Å². The van der Waals surface area contributed by atoms with Crippen molar-refractivity contribution in [2.75, 3.05) is 12.1 Å². The first-order valence-corrected chi connectivity index (χ1v) is 8.76. The van der Waals surface area contributed by atoms with Gasteiger partial charge in [-0.3, -0.25) is 10.6 Å². The molecule has 2 unspecified atom stereocenters. The lowest BCUT2D eigenvalue weighted by atomic mass is 10.1. The monoisotopic (exact) mass is 493 g/mol. The van der Waals surface area contributed by atoms with Crippen LogP contribution >= 0.6 is 22.6 Å². The minimum atomic E-state index is -5.18. The highest BCUT2D eigenvalue weighted by Gasteiger charge is 2.46. The summed E-state index contributed by atoms with van der Waals surface area (Å²) in [5.74, 6) is -2.43. The second kappa shape index (κ2) is 7.22. The molecule has 1 aliphatic rings. The number of hydrogen-bond acceptors (Lipinski definition) is 7. The predicted molar refractivity (Wildman–Crippen MR) is 99.7 cm³/mol. The second-order valence-corrected chi connectivity index (χ2v) is 6.98.